The molecule has 0 heterocycles. The maximum absolute atomic E-state index is 11.6. The van der Waals surface area contributed by atoms with Gasteiger partial charge in [-0.3, -0.25) is 4.57 Å². The van der Waals surface area contributed by atoms with Gasteiger partial charge in [0.05, 0.1) is 6.61 Å². The third-order valence-corrected chi connectivity index (χ3v) is 2.86. The molecule has 68 valence electrons. The van der Waals surface area contributed by atoms with Gasteiger partial charge >= 0.3 is 14.2 Å². The molecule has 0 saturated heterocycles. The number of alkyl halides is 2. The molecule has 0 aromatic carbocycles. The molecule has 0 saturated carbocycles. The fourth-order valence-corrected chi connectivity index (χ4v) is 1.54. The predicted molar refractivity (Wildman–Crippen MR) is 36.9 cm³/mol. The van der Waals surface area contributed by atoms with Crippen LogP contribution in [0.5, 0.6) is 0 Å². The van der Waals surface area contributed by atoms with Gasteiger partial charge in [-0.1, -0.05) is 6.92 Å². The van der Waals surface area contributed by atoms with Gasteiger partial charge in [-0.15, -0.1) is 0 Å². The zero-order valence-corrected chi connectivity index (χ0v) is 7.31. The number of halogens is 2. The number of hydrogen-bond donors (Lipinski definition) is 0. The standard InChI is InChI=1S/C5H11F2O3P/c1-3-9-11(8,4-2)10-5(6)7/h5H,3-4H2,1-2H3. The number of hydrogen-bond acceptors (Lipinski definition) is 3. The lowest BCUT2D eigenvalue weighted by atomic mass is 10.9. The van der Waals surface area contributed by atoms with E-state index in [0.29, 0.717) is 0 Å². The lowest BCUT2D eigenvalue weighted by Crippen LogP contribution is -2.02. The van der Waals surface area contributed by atoms with Gasteiger partial charge in [0.15, 0.2) is 0 Å². The van der Waals surface area contributed by atoms with E-state index in [9.17, 15) is 13.3 Å². The molecule has 0 rings (SSSR count). The van der Waals surface area contributed by atoms with Crippen molar-refractivity contribution in [3.8, 4) is 0 Å². The van der Waals surface area contributed by atoms with Gasteiger partial charge in [-0.25, -0.2) is 4.52 Å². The Labute approximate surface area is 64.2 Å². The predicted octanol–water partition coefficient (Wildman–Crippen LogP) is 2.48. The molecule has 0 radical (unpaired) electrons. The van der Waals surface area contributed by atoms with Crippen LogP contribution >= 0.6 is 7.60 Å². The summed E-state index contributed by atoms with van der Waals surface area (Å²) in [6, 6.07) is 0. The second kappa shape index (κ2) is 4.80. The fourth-order valence-electron chi connectivity index (χ4n) is 0.514. The molecule has 0 aromatic heterocycles. The van der Waals surface area contributed by atoms with Gasteiger partial charge in [0.2, 0.25) is 0 Å². The molecule has 6 heteroatoms. The highest BCUT2D eigenvalue weighted by Crippen LogP contribution is 2.48. The second-order valence-corrected chi connectivity index (χ2v) is 4.03. The molecule has 0 fully saturated rings. The highest BCUT2D eigenvalue weighted by Gasteiger charge is 2.25. The van der Waals surface area contributed by atoms with E-state index in [4.69, 9.17) is 0 Å². The summed E-state index contributed by atoms with van der Waals surface area (Å²) in [5.41, 5.74) is 0. The fraction of sp³-hybridized carbons (Fsp3) is 1.00. The molecule has 0 amide bonds. The summed E-state index contributed by atoms with van der Waals surface area (Å²) in [5, 5.41) is 0. The monoisotopic (exact) mass is 188 g/mol. The molecule has 11 heavy (non-hydrogen) atoms. The topological polar surface area (TPSA) is 35.5 Å². The van der Waals surface area contributed by atoms with Crippen LogP contribution in [-0.4, -0.2) is 19.4 Å². The molecule has 0 N–H and O–H groups in total. The van der Waals surface area contributed by atoms with Crippen LogP contribution in [-0.2, 0) is 13.6 Å². The molecular formula is C5H11F2O3P. The van der Waals surface area contributed by atoms with E-state index in [-0.39, 0.29) is 12.8 Å². The molecular weight excluding hydrogens is 177 g/mol. The highest BCUT2D eigenvalue weighted by molar-refractivity contribution is 7.53. The second-order valence-electron chi connectivity index (χ2n) is 1.71. The molecule has 0 aliphatic rings. The first-order valence-electron chi connectivity index (χ1n) is 3.24. The summed E-state index contributed by atoms with van der Waals surface area (Å²) in [7, 11) is -3.51. The summed E-state index contributed by atoms with van der Waals surface area (Å²) in [4.78, 5) is 0. The maximum atomic E-state index is 11.6. The van der Waals surface area contributed by atoms with E-state index < -0.39 is 14.2 Å². The van der Waals surface area contributed by atoms with Crippen molar-refractivity contribution >= 4 is 7.60 Å². The zero-order valence-electron chi connectivity index (χ0n) is 6.42. The third-order valence-electron chi connectivity index (χ3n) is 0.953. The Bertz CT molecular complexity index is 151. The Hall–Kier alpha value is 0.01000. The van der Waals surface area contributed by atoms with Crippen LogP contribution in [0.2, 0.25) is 0 Å². The third kappa shape index (κ3) is 4.45. The quantitative estimate of drug-likeness (QED) is 0.621. The van der Waals surface area contributed by atoms with E-state index >= 15 is 0 Å². The van der Waals surface area contributed by atoms with Crippen molar-refractivity contribution in [3.63, 3.8) is 0 Å². The SMILES string of the molecule is CCOP(=O)(CC)OC(F)F. The first kappa shape index (κ1) is 11.0. The van der Waals surface area contributed by atoms with Crippen LogP contribution in [0, 0.1) is 0 Å². The van der Waals surface area contributed by atoms with Crippen LogP contribution in [0.25, 0.3) is 0 Å². The molecule has 1 unspecified atom stereocenters. The van der Waals surface area contributed by atoms with Gasteiger partial charge in [-0.05, 0) is 6.92 Å². The molecule has 0 aliphatic carbocycles. The van der Waals surface area contributed by atoms with E-state index in [1.165, 1.54) is 6.92 Å². The summed E-state index contributed by atoms with van der Waals surface area (Å²) in [5.74, 6) is 0. The Morgan fingerprint density at radius 1 is 1.45 bits per heavy atom. The van der Waals surface area contributed by atoms with Gasteiger partial charge in [-0.2, -0.15) is 8.78 Å². The normalized spacial score (nSPS) is 16.8. The summed E-state index contributed by atoms with van der Waals surface area (Å²) in [6.07, 6.45) is -0.0365. The lowest BCUT2D eigenvalue weighted by molar-refractivity contribution is -0.0590. The minimum absolute atomic E-state index is 0.0365. The number of rotatable bonds is 5. The lowest BCUT2D eigenvalue weighted by Gasteiger charge is -2.14. The van der Waals surface area contributed by atoms with Crippen molar-refractivity contribution < 1.29 is 22.4 Å². The van der Waals surface area contributed by atoms with E-state index in [2.05, 4.69) is 9.05 Å². The molecule has 3 nitrogen and oxygen atoms in total. The Morgan fingerprint density at radius 2 is 2.00 bits per heavy atom. The summed E-state index contributed by atoms with van der Waals surface area (Å²) in [6.45, 7) is 0.112. The van der Waals surface area contributed by atoms with Crippen LogP contribution < -0.4 is 0 Å². The van der Waals surface area contributed by atoms with Gasteiger partial charge in [0.1, 0.15) is 0 Å². The first-order chi connectivity index (χ1) is 5.04. The van der Waals surface area contributed by atoms with Crippen molar-refractivity contribution in [1.29, 1.82) is 0 Å². The van der Waals surface area contributed by atoms with Gasteiger partial charge in [0.25, 0.3) is 0 Å². The van der Waals surface area contributed by atoms with Crippen LogP contribution in [0.4, 0.5) is 8.78 Å². The minimum atomic E-state index is -3.51. The Morgan fingerprint density at radius 3 is 2.27 bits per heavy atom. The van der Waals surface area contributed by atoms with E-state index in [1.807, 2.05) is 0 Å². The molecule has 0 aromatic rings. The van der Waals surface area contributed by atoms with Crippen molar-refractivity contribution in [2.45, 2.75) is 20.5 Å². The Kier molecular flexibility index (Phi) is 4.81. The average molecular weight is 188 g/mol. The van der Waals surface area contributed by atoms with Crippen molar-refractivity contribution in [1.82, 2.24) is 0 Å². The molecule has 0 aliphatic heterocycles. The van der Waals surface area contributed by atoms with E-state index in [0.717, 1.165) is 0 Å². The largest absolute Gasteiger partial charge is 0.352 e. The van der Waals surface area contributed by atoms with Crippen LogP contribution in [0.3, 0.4) is 0 Å². The highest BCUT2D eigenvalue weighted by atomic mass is 31.2. The van der Waals surface area contributed by atoms with Crippen molar-refractivity contribution in [3.05, 3.63) is 0 Å². The van der Waals surface area contributed by atoms with E-state index in [1.54, 1.807) is 6.92 Å². The summed E-state index contributed by atoms with van der Waals surface area (Å²) >= 11 is 0. The minimum Gasteiger partial charge on any atom is -0.309 e. The van der Waals surface area contributed by atoms with Crippen LogP contribution in [0.15, 0.2) is 0 Å². The maximum Gasteiger partial charge on any atom is 0.352 e. The molecule has 1 atom stereocenters. The zero-order chi connectivity index (χ0) is 8.91. The van der Waals surface area contributed by atoms with Crippen LogP contribution in [0.1, 0.15) is 13.8 Å². The molecule has 0 bridgehead atoms. The van der Waals surface area contributed by atoms with Crippen molar-refractivity contribution in [2.75, 3.05) is 12.8 Å². The smallest absolute Gasteiger partial charge is 0.309 e. The molecule has 0 spiro atoms. The van der Waals surface area contributed by atoms with Gasteiger partial charge < -0.3 is 4.52 Å². The van der Waals surface area contributed by atoms with Gasteiger partial charge in [0, 0.05) is 6.16 Å². The Balaban J connectivity index is 4.00. The average Bonchev–Trinajstić information content (AvgIpc) is 1.87. The first-order valence-corrected chi connectivity index (χ1v) is 4.97. The summed E-state index contributed by atoms with van der Waals surface area (Å²) < 4.78 is 42.6. The van der Waals surface area contributed by atoms with Crippen molar-refractivity contribution in [2.24, 2.45) is 0 Å².